The van der Waals surface area contributed by atoms with Gasteiger partial charge in [0, 0.05) is 10.0 Å². The molecule has 0 saturated carbocycles. The van der Waals surface area contributed by atoms with Crippen molar-refractivity contribution in [3.8, 4) is 0 Å². The van der Waals surface area contributed by atoms with Gasteiger partial charge in [-0.15, -0.1) is 0 Å². The molecule has 0 bridgehead atoms. The summed E-state index contributed by atoms with van der Waals surface area (Å²) in [5.41, 5.74) is 0.554. The maximum Gasteiger partial charge on any atom is 0.251 e. The first-order valence-corrected chi connectivity index (χ1v) is 5.48. The summed E-state index contributed by atoms with van der Waals surface area (Å²) >= 11 is 3.28. The van der Waals surface area contributed by atoms with Crippen LogP contribution < -0.4 is 5.32 Å². The highest BCUT2D eigenvalue weighted by molar-refractivity contribution is 9.10. The molecule has 0 aliphatic rings. The van der Waals surface area contributed by atoms with Gasteiger partial charge in [-0.05, 0) is 30.7 Å². The molecule has 0 fully saturated rings. The number of aldehydes is 1. The van der Waals surface area contributed by atoms with Crippen LogP contribution in [0.3, 0.4) is 0 Å². The minimum atomic E-state index is -0.402. The van der Waals surface area contributed by atoms with E-state index in [4.69, 9.17) is 0 Å². The zero-order chi connectivity index (χ0) is 11.3. The maximum atomic E-state index is 11.6. The Labute approximate surface area is 97.0 Å². The molecule has 0 aliphatic carbocycles. The molecule has 80 valence electrons. The second-order valence-corrected chi connectivity index (χ2v) is 4.05. The molecule has 0 heterocycles. The lowest BCUT2D eigenvalue weighted by Crippen LogP contribution is -2.35. The van der Waals surface area contributed by atoms with Crippen LogP contribution in [-0.2, 0) is 4.79 Å². The second kappa shape index (κ2) is 5.66. The fourth-order valence-electron chi connectivity index (χ4n) is 1.09. The molecular formula is C11H12BrNO2. The van der Waals surface area contributed by atoms with Crippen molar-refractivity contribution in [3.05, 3.63) is 34.3 Å². The number of carbonyl (C=O) groups excluding carboxylic acids is 2. The zero-order valence-corrected chi connectivity index (χ0v) is 9.95. The summed E-state index contributed by atoms with van der Waals surface area (Å²) in [7, 11) is 0. The molecule has 1 rings (SSSR count). The Morgan fingerprint density at radius 1 is 1.47 bits per heavy atom. The third kappa shape index (κ3) is 3.47. The van der Waals surface area contributed by atoms with E-state index in [1.165, 1.54) is 0 Å². The van der Waals surface area contributed by atoms with E-state index in [2.05, 4.69) is 21.2 Å². The molecule has 4 heteroatoms. The van der Waals surface area contributed by atoms with Crippen molar-refractivity contribution in [3.63, 3.8) is 0 Å². The van der Waals surface area contributed by atoms with Crippen LogP contribution in [-0.4, -0.2) is 18.2 Å². The second-order valence-electron chi connectivity index (χ2n) is 3.13. The van der Waals surface area contributed by atoms with Gasteiger partial charge >= 0.3 is 0 Å². The minimum absolute atomic E-state index is 0.221. The van der Waals surface area contributed by atoms with Crippen LogP contribution in [0.5, 0.6) is 0 Å². The summed E-state index contributed by atoms with van der Waals surface area (Å²) in [6.45, 7) is 1.85. The first kappa shape index (κ1) is 11.9. The Kier molecular flexibility index (Phi) is 4.49. The predicted octanol–water partition coefficient (Wildman–Crippen LogP) is 2.16. The Hall–Kier alpha value is -1.16. The number of nitrogens with one attached hydrogen (secondary N) is 1. The Morgan fingerprint density at radius 2 is 2.07 bits per heavy atom. The van der Waals surface area contributed by atoms with Crippen LogP contribution in [0.15, 0.2) is 28.7 Å². The normalized spacial score (nSPS) is 11.9. The third-order valence-corrected chi connectivity index (χ3v) is 2.56. The number of rotatable bonds is 4. The minimum Gasteiger partial charge on any atom is -0.343 e. The molecule has 0 saturated heterocycles. The van der Waals surface area contributed by atoms with E-state index in [9.17, 15) is 9.59 Å². The van der Waals surface area contributed by atoms with E-state index < -0.39 is 6.04 Å². The zero-order valence-electron chi connectivity index (χ0n) is 8.37. The van der Waals surface area contributed by atoms with Gasteiger partial charge in [-0.1, -0.05) is 22.9 Å². The molecule has 1 aromatic carbocycles. The SMILES string of the molecule is CCC(C=O)NC(=O)c1ccc(Br)cc1. The first-order chi connectivity index (χ1) is 7.17. The van der Waals surface area contributed by atoms with Gasteiger partial charge < -0.3 is 10.1 Å². The van der Waals surface area contributed by atoms with Crippen molar-refractivity contribution < 1.29 is 9.59 Å². The molecule has 1 atom stereocenters. The highest BCUT2D eigenvalue weighted by Crippen LogP contribution is 2.10. The fraction of sp³-hybridized carbons (Fsp3) is 0.273. The van der Waals surface area contributed by atoms with Gasteiger partial charge in [0.05, 0.1) is 6.04 Å². The number of hydrogen-bond donors (Lipinski definition) is 1. The lowest BCUT2D eigenvalue weighted by molar-refractivity contribution is -0.109. The summed E-state index contributed by atoms with van der Waals surface area (Å²) in [6, 6.07) is 6.59. The standard InChI is InChI=1S/C11H12BrNO2/c1-2-10(7-14)13-11(15)8-3-5-9(12)6-4-8/h3-7,10H,2H2,1H3,(H,13,15). The molecule has 0 aliphatic heterocycles. The fourth-order valence-corrected chi connectivity index (χ4v) is 1.35. The number of benzene rings is 1. The quantitative estimate of drug-likeness (QED) is 0.852. The van der Waals surface area contributed by atoms with Crippen LogP contribution >= 0.6 is 15.9 Å². The average Bonchev–Trinajstić information content (AvgIpc) is 2.26. The molecular weight excluding hydrogens is 258 g/mol. The van der Waals surface area contributed by atoms with Crippen LogP contribution in [0.1, 0.15) is 23.7 Å². The van der Waals surface area contributed by atoms with Crippen LogP contribution in [0.2, 0.25) is 0 Å². The predicted molar refractivity (Wildman–Crippen MR) is 61.8 cm³/mol. The van der Waals surface area contributed by atoms with E-state index in [1.807, 2.05) is 6.92 Å². The van der Waals surface area contributed by atoms with Crippen molar-refractivity contribution in [1.29, 1.82) is 0 Å². The lowest BCUT2D eigenvalue weighted by atomic mass is 10.2. The van der Waals surface area contributed by atoms with Gasteiger partial charge in [-0.25, -0.2) is 0 Å². The van der Waals surface area contributed by atoms with Gasteiger partial charge in [-0.3, -0.25) is 4.79 Å². The highest BCUT2D eigenvalue weighted by Gasteiger charge is 2.10. The van der Waals surface area contributed by atoms with Crippen molar-refractivity contribution in [2.75, 3.05) is 0 Å². The van der Waals surface area contributed by atoms with Crippen LogP contribution in [0.25, 0.3) is 0 Å². The molecule has 1 amide bonds. The van der Waals surface area contributed by atoms with E-state index in [1.54, 1.807) is 24.3 Å². The summed E-state index contributed by atoms with van der Waals surface area (Å²) in [6.07, 6.45) is 1.35. The van der Waals surface area contributed by atoms with Gasteiger partial charge in [0.1, 0.15) is 6.29 Å². The van der Waals surface area contributed by atoms with E-state index in [0.29, 0.717) is 12.0 Å². The van der Waals surface area contributed by atoms with Crippen molar-refractivity contribution in [1.82, 2.24) is 5.32 Å². The summed E-state index contributed by atoms with van der Waals surface area (Å²) < 4.78 is 0.918. The Bertz CT molecular complexity index is 348. The number of halogens is 1. The average molecular weight is 270 g/mol. The number of carbonyl (C=O) groups is 2. The van der Waals surface area contributed by atoms with Crippen LogP contribution in [0.4, 0.5) is 0 Å². The topological polar surface area (TPSA) is 46.2 Å². The van der Waals surface area contributed by atoms with Gasteiger partial charge in [0.25, 0.3) is 5.91 Å². The molecule has 0 radical (unpaired) electrons. The monoisotopic (exact) mass is 269 g/mol. The number of amides is 1. The Balaban J connectivity index is 2.68. The highest BCUT2D eigenvalue weighted by atomic mass is 79.9. The third-order valence-electron chi connectivity index (χ3n) is 2.03. The smallest absolute Gasteiger partial charge is 0.251 e. The largest absolute Gasteiger partial charge is 0.343 e. The molecule has 3 nitrogen and oxygen atoms in total. The molecule has 0 spiro atoms. The first-order valence-electron chi connectivity index (χ1n) is 4.69. The molecule has 1 N–H and O–H groups in total. The molecule has 15 heavy (non-hydrogen) atoms. The van der Waals surface area contributed by atoms with Gasteiger partial charge in [0.2, 0.25) is 0 Å². The summed E-state index contributed by atoms with van der Waals surface area (Å²) in [5.74, 6) is -0.221. The lowest BCUT2D eigenvalue weighted by Gasteiger charge is -2.09. The van der Waals surface area contributed by atoms with Gasteiger partial charge in [-0.2, -0.15) is 0 Å². The van der Waals surface area contributed by atoms with E-state index >= 15 is 0 Å². The van der Waals surface area contributed by atoms with Crippen LogP contribution in [0, 0.1) is 0 Å². The van der Waals surface area contributed by atoms with Crippen molar-refractivity contribution >= 4 is 28.1 Å². The van der Waals surface area contributed by atoms with Crippen molar-refractivity contribution in [2.24, 2.45) is 0 Å². The van der Waals surface area contributed by atoms with Crippen molar-refractivity contribution in [2.45, 2.75) is 19.4 Å². The van der Waals surface area contributed by atoms with Gasteiger partial charge in [0.15, 0.2) is 0 Å². The Morgan fingerprint density at radius 3 is 2.53 bits per heavy atom. The van der Waals surface area contributed by atoms with E-state index in [0.717, 1.165) is 10.8 Å². The number of hydrogen-bond acceptors (Lipinski definition) is 2. The summed E-state index contributed by atoms with van der Waals surface area (Å²) in [4.78, 5) is 22.1. The molecule has 0 aromatic heterocycles. The summed E-state index contributed by atoms with van der Waals surface area (Å²) in [5, 5.41) is 2.63. The maximum absolute atomic E-state index is 11.6. The van der Waals surface area contributed by atoms with E-state index in [-0.39, 0.29) is 5.91 Å². The molecule has 1 aromatic rings. The molecule has 1 unspecified atom stereocenters.